The summed E-state index contributed by atoms with van der Waals surface area (Å²) >= 11 is 0. The predicted molar refractivity (Wildman–Crippen MR) is 71.3 cm³/mol. The summed E-state index contributed by atoms with van der Waals surface area (Å²) in [6, 6.07) is 3.54. The Kier molecular flexibility index (Phi) is 5.23. The number of methoxy groups -OCH3 is 1. The van der Waals surface area contributed by atoms with E-state index in [2.05, 4.69) is 4.98 Å². The van der Waals surface area contributed by atoms with Crippen LogP contribution in [0.2, 0.25) is 0 Å². The zero-order valence-electron chi connectivity index (χ0n) is 12.1. The van der Waals surface area contributed by atoms with Crippen LogP contribution < -0.4 is 4.74 Å². The van der Waals surface area contributed by atoms with Crippen LogP contribution in [0, 0.1) is 5.92 Å². The highest BCUT2D eigenvalue weighted by atomic mass is 19.4. The number of hydrogen-bond acceptors (Lipinski definition) is 4. The van der Waals surface area contributed by atoms with Gasteiger partial charge in [0.15, 0.2) is 0 Å². The molecular weight excluding hydrogens is 301 g/mol. The fraction of sp³-hybridized carbons (Fsp3) is 0.571. The van der Waals surface area contributed by atoms with Crippen LogP contribution in [0.3, 0.4) is 0 Å². The van der Waals surface area contributed by atoms with E-state index in [-0.39, 0.29) is 30.9 Å². The number of nitrogens with zero attached hydrogens (tertiary/aromatic N) is 2. The number of pyridine rings is 1. The maximum absolute atomic E-state index is 12.5. The maximum Gasteiger partial charge on any atom is 0.433 e. The minimum absolute atomic E-state index is 0.0305. The standard InChI is InChI=1S/C14H17F3N2O3/c1-21-9-13(20)19-6-5-10(7-19)8-22-12-4-2-3-11(18-12)14(15,16)17/h2-4,10H,5-9H2,1H3. The van der Waals surface area contributed by atoms with Crippen LogP contribution in [-0.4, -0.2) is 49.2 Å². The van der Waals surface area contributed by atoms with E-state index in [1.807, 2.05) is 0 Å². The van der Waals surface area contributed by atoms with Gasteiger partial charge < -0.3 is 14.4 Å². The molecule has 1 aliphatic rings. The SMILES string of the molecule is COCC(=O)N1CCC(COc2cccc(C(F)(F)F)n2)C1. The van der Waals surface area contributed by atoms with Gasteiger partial charge in [-0.25, -0.2) is 4.98 Å². The van der Waals surface area contributed by atoms with Gasteiger partial charge in [0.05, 0.1) is 6.61 Å². The van der Waals surface area contributed by atoms with E-state index in [4.69, 9.17) is 9.47 Å². The molecule has 8 heteroatoms. The number of rotatable bonds is 5. The largest absolute Gasteiger partial charge is 0.477 e. The van der Waals surface area contributed by atoms with Gasteiger partial charge in [0, 0.05) is 32.2 Å². The summed E-state index contributed by atoms with van der Waals surface area (Å²) in [5.74, 6) is -0.0733. The minimum atomic E-state index is -4.49. The Labute approximate surface area is 126 Å². The number of alkyl halides is 3. The molecule has 1 unspecified atom stereocenters. The van der Waals surface area contributed by atoms with Gasteiger partial charge in [-0.05, 0) is 12.5 Å². The lowest BCUT2D eigenvalue weighted by Crippen LogP contribution is -2.32. The molecule has 1 fully saturated rings. The van der Waals surface area contributed by atoms with Crippen LogP contribution >= 0.6 is 0 Å². The van der Waals surface area contributed by atoms with E-state index in [1.165, 1.54) is 19.2 Å². The fourth-order valence-electron chi connectivity index (χ4n) is 2.27. The van der Waals surface area contributed by atoms with Crippen molar-refractivity contribution in [3.63, 3.8) is 0 Å². The van der Waals surface area contributed by atoms with Crippen molar-refractivity contribution in [1.29, 1.82) is 0 Å². The summed E-state index contributed by atoms with van der Waals surface area (Å²) in [5.41, 5.74) is -0.978. The summed E-state index contributed by atoms with van der Waals surface area (Å²) in [6.07, 6.45) is -3.75. The summed E-state index contributed by atoms with van der Waals surface area (Å²) in [6.45, 7) is 1.38. The first-order chi connectivity index (χ1) is 10.4. The molecule has 1 aromatic heterocycles. The quantitative estimate of drug-likeness (QED) is 0.833. The number of hydrogen-bond donors (Lipinski definition) is 0. The van der Waals surface area contributed by atoms with E-state index in [0.29, 0.717) is 13.1 Å². The molecule has 122 valence electrons. The smallest absolute Gasteiger partial charge is 0.433 e. The topological polar surface area (TPSA) is 51.7 Å². The highest BCUT2D eigenvalue weighted by Gasteiger charge is 2.33. The predicted octanol–water partition coefficient (Wildman–Crippen LogP) is 1.97. The molecule has 1 amide bonds. The normalized spacial score (nSPS) is 18.5. The molecule has 0 radical (unpaired) electrons. The first-order valence-corrected chi connectivity index (χ1v) is 6.84. The van der Waals surface area contributed by atoms with Gasteiger partial charge in [-0.2, -0.15) is 13.2 Å². The highest BCUT2D eigenvalue weighted by molar-refractivity contribution is 5.77. The number of ether oxygens (including phenoxy) is 2. The van der Waals surface area contributed by atoms with Gasteiger partial charge in [0.1, 0.15) is 12.3 Å². The number of carbonyl (C=O) groups is 1. The lowest BCUT2D eigenvalue weighted by Gasteiger charge is -2.16. The van der Waals surface area contributed by atoms with Crippen molar-refractivity contribution in [2.24, 2.45) is 5.92 Å². The Balaban J connectivity index is 1.85. The zero-order valence-corrected chi connectivity index (χ0v) is 12.1. The maximum atomic E-state index is 12.5. The molecule has 0 saturated carbocycles. The van der Waals surface area contributed by atoms with Crippen molar-refractivity contribution < 1.29 is 27.4 Å². The van der Waals surface area contributed by atoms with E-state index in [9.17, 15) is 18.0 Å². The first-order valence-electron chi connectivity index (χ1n) is 6.84. The molecule has 5 nitrogen and oxygen atoms in total. The average molecular weight is 318 g/mol. The van der Waals surface area contributed by atoms with Crippen molar-refractivity contribution >= 4 is 5.91 Å². The zero-order chi connectivity index (χ0) is 16.2. The number of carbonyl (C=O) groups excluding carboxylic acids is 1. The van der Waals surface area contributed by atoms with E-state index >= 15 is 0 Å². The van der Waals surface area contributed by atoms with Gasteiger partial charge in [0.2, 0.25) is 11.8 Å². The lowest BCUT2D eigenvalue weighted by molar-refractivity contribution is -0.141. The van der Waals surface area contributed by atoms with E-state index in [1.54, 1.807) is 4.90 Å². The number of amides is 1. The third kappa shape index (κ3) is 4.33. The molecule has 22 heavy (non-hydrogen) atoms. The monoisotopic (exact) mass is 318 g/mol. The van der Waals surface area contributed by atoms with Crippen LogP contribution in [0.1, 0.15) is 12.1 Å². The van der Waals surface area contributed by atoms with Crippen LogP contribution in [-0.2, 0) is 15.7 Å². The molecule has 0 aliphatic carbocycles. The Morgan fingerprint density at radius 2 is 2.23 bits per heavy atom. The van der Waals surface area contributed by atoms with Crippen LogP contribution in [0.4, 0.5) is 13.2 Å². The van der Waals surface area contributed by atoms with E-state index < -0.39 is 11.9 Å². The molecule has 2 rings (SSSR count). The molecule has 1 aliphatic heterocycles. The Morgan fingerprint density at radius 1 is 1.45 bits per heavy atom. The van der Waals surface area contributed by atoms with Gasteiger partial charge in [-0.3, -0.25) is 4.79 Å². The second kappa shape index (κ2) is 6.95. The molecule has 1 atom stereocenters. The molecule has 0 spiro atoms. The highest BCUT2D eigenvalue weighted by Crippen LogP contribution is 2.28. The molecule has 0 N–H and O–H groups in total. The minimum Gasteiger partial charge on any atom is -0.477 e. The van der Waals surface area contributed by atoms with Crippen LogP contribution in [0.5, 0.6) is 5.88 Å². The average Bonchev–Trinajstić information content (AvgIpc) is 2.94. The molecule has 1 saturated heterocycles. The van der Waals surface area contributed by atoms with Gasteiger partial charge >= 0.3 is 6.18 Å². The molecular formula is C14H17F3N2O3. The van der Waals surface area contributed by atoms with Gasteiger partial charge in [0.25, 0.3) is 0 Å². The second-order valence-corrected chi connectivity index (χ2v) is 5.10. The van der Waals surface area contributed by atoms with Crippen molar-refractivity contribution in [2.75, 3.05) is 33.4 Å². The Hall–Kier alpha value is -1.83. The van der Waals surface area contributed by atoms with Crippen molar-refractivity contribution in [2.45, 2.75) is 12.6 Å². The molecule has 0 bridgehead atoms. The van der Waals surface area contributed by atoms with Gasteiger partial charge in [-0.1, -0.05) is 6.07 Å². The van der Waals surface area contributed by atoms with Crippen molar-refractivity contribution in [3.8, 4) is 5.88 Å². The molecule has 2 heterocycles. The van der Waals surface area contributed by atoms with Crippen molar-refractivity contribution in [3.05, 3.63) is 23.9 Å². The lowest BCUT2D eigenvalue weighted by atomic mass is 10.1. The van der Waals surface area contributed by atoms with Crippen molar-refractivity contribution in [1.82, 2.24) is 9.88 Å². The second-order valence-electron chi connectivity index (χ2n) is 5.10. The fourth-order valence-corrected chi connectivity index (χ4v) is 2.27. The summed E-state index contributed by atoms with van der Waals surface area (Å²) in [7, 11) is 1.45. The third-order valence-electron chi connectivity index (χ3n) is 3.39. The molecule has 0 aromatic carbocycles. The first kappa shape index (κ1) is 16.5. The number of likely N-dealkylation sites (tertiary alicyclic amines) is 1. The third-order valence-corrected chi connectivity index (χ3v) is 3.39. The van der Waals surface area contributed by atoms with Gasteiger partial charge in [-0.15, -0.1) is 0 Å². The number of aromatic nitrogens is 1. The summed E-state index contributed by atoms with van der Waals surface area (Å²) < 4.78 is 47.8. The molecule has 1 aromatic rings. The Morgan fingerprint density at radius 3 is 2.91 bits per heavy atom. The Bertz CT molecular complexity index is 522. The number of halogens is 3. The summed E-state index contributed by atoms with van der Waals surface area (Å²) in [4.78, 5) is 16.7. The van der Waals surface area contributed by atoms with E-state index in [0.717, 1.165) is 12.5 Å². The van der Waals surface area contributed by atoms with Crippen LogP contribution in [0.25, 0.3) is 0 Å². The summed E-state index contributed by atoms with van der Waals surface area (Å²) in [5, 5.41) is 0. The van der Waals surface area contributed by atoms with Crippen LogP contribution in [0.15, 0.2) is 18.2 Å².